The van der Waals surface area contributed by atoms with E-state index < -0.39 is 0 Å². The van der Waals surface area contributed by atoms with Crippen LogP contribution in [0.3, 0.4) is 0 Å². The van der Waals surface area contributed by atoms with E-state index >= 15 is 0 Å². The number of carbonyl (C=O) groups excluding carboxylic acids is 2. The van der Waals surface area contributed by atoms with Crippen LogP contribution >= 0.6 is 0 Å². The molecule has 6 heteroatoms. The van der Waals surface area contributed by atoms with Crippen molar-refractivity contribution in [2.24, 2.45) is 0 Å². The number of para-hydroxylation sites is 2. The number of aromatic nitrogens is 1. The van der Waals surface area contributed by atoms with Crippen molar-refractivity contribution in [3.05, 3.63) is 54.4 Å². The zero-order valence-corrected chi connectivity index (χ0v) is 12.9. The van der Waals surface area contributed by atoms with Crippen molar-refractivity contribution in [2.45, 2.75) is 19.9 Å². The molecule has 0 spiro atoms. The first-order chi connectivity index (χ1) is 11.2. The van der Waals surface area contributed by atoms with Gasteiger partial charge in [0.2, 0.25) is 11.8 Å². The minimum atomic E-state index is -0.385. The van der Waals surface area contributed by atoms with Crippen molar-refractivity contribution in [1.82, 2.24) is 10.3 Å². The second-order valence-electron chi connectivity index (χ2n) is 4.79. The molecule has 0 saturated heterocycles. The highest BCUT2D eigenvalue weighted by atomic mass is 16.5. The summed E-state index contributed by atoms with van der Waals surface area (Å²) in [5.41, 5.74) is 1.48. The van der Waals surface area contributed by atoms with Crippen LogP contribution in [-0.4, -0.2) is 23.4 Å². The standard InChI is InChI=1S/C17H19N3O3/c1-2-23-15-6-4-3-5-14(15)20-17(22)11-16(21)19-12-13-7-9-18-10-8-13/h3-10H,2,11-12H2,1H3,(H,19,21)(H,20,22). The molecule has 1 heterocycles. The van der Waals surface area contributed by atoms with Gasteiger partial charge < -0.3 is 15.4 Å². The molecule has 0 bridgehead atoms. The predicted octanol–water partition coefficient (Wildman–Crippen LogP) is 2.13. The van der Waals surface area contributed by atoms with Crippen LogP contribution in [-0.2, 0) is 16.1 Å². The average molecular weight is 313 g/mol. The number of hydrogen-bond acceptors (Lipinski definition) is 4. The van der Waals surface area contributed by atoms with Crippen molar-refractivity contribution in [3.8, 4) is 5.75 Å². The lowest BCUT2D eigenvalue weighted by molar-refractivity contribution is -0.126. The molecule has 2 aromatic rings. The quantitative estimate of drug-likeness (QED) is 0.767. The number of nitrogens with zero attached hydrogens (tertiary/aromatic N) is 1. The summed E-state index contributed by atoms with van der Waals surface area (Å²) in [7, 11) is 0. The molecule has 0 saturated carbocycles. The van der Waals surface area contributed by atoms with Gasteiger partial charge >= 0.3 is 0 Å². The topological polar surface area (TPSA) is 80.3 Å². The van der Waals surface area contributed by atoms with Gasteiger partial charge in [0.15, 0.2) is 0 Å². The summed E-state index contributed by atoms with van der Waals surface area (Å²) in [5.74, 6) is -0.141. The smallest absolute Gasteiger partial charge is 0.233 e. The molecular formula is C17H19N3O3. The third kappa shape index (κ3) is 5.43. The largest absolute Gasteiger partial charge is 0.492 e. The second-order valence-corrected chi connectivity index (χ2v) is 4.79. The van der Waals surface area contributed by atoms with E-state index in [4.69, 9.17) is 4.74 Å². The van der Waals surface area contributed by atoms with Crippen molar-refractivity contribution >= 4 is 17.5 Å². The third-order valence-corrected chi connectivity index (χ3v) is 3.02. The molecule has 1 aromatic heterocycles. The molecule has 0 aliphatic rings. The summed E-state index contributed by atoms with van der Waals surface area (Å²) in [4.78, 5) is 27.7. The number of pyridine rings is 1. The maximum absolute atomic E-state index is 12.0. The van der Waals surface area contributed by atoms with Crippen molar-refractivity contribution in [2.75, 3.05) is 11.9 Å². The van der Waals surface area contributed by atoms with E-state index in [9.17, 15) is 9.59 Å². The maximum Gasteiger partial charge on any atom is 0.233 e. The van der Waals surface area contributed by atoms with Crippen LogP contribution in [0.2, 0.25) is 0 Å². The lowest BCUT2D eigenvalue weighted by Gasteiger charge is -2.11. The minimum absolute atomic E-state index is 0.245. The minimum Gasteiger partial charge on any atom is -0.492 e. The van der Waals surface area contributed by atoms with Gasteiger partial charge in [0.05, 0.1) is 12.3 Å². The fourth-order valence-electron chi connectivity index (χ4n) is 1.96. The van der Waals surface area contributed by atoms with Crippen LogP contribution in [0, 0.1) is 0 Å². The fourth-order valence-corrected chi connectivity index (χ4v) is 1.96. The summed E-state index contributed by atoms with van der Waals surface area (Å²) < 4.78 is 5.43. The van der Waals surface area contributed by atoms with Gasteiger partial charge in [-0.2, -0.15) is 0 Å². The number of ether oxygens (including phenoxy) is 1. The predicted molar refractivity (Wildman–Crippen MR) is 86.9 cm³/mol. The van der Waals surface area contributed by atoms with Crippen LogP contribution in [0.5, 0.6) is 5.75 Å². The van der Waals surface area contributed by atoms with Gasteiger partial charge in [0, 0.05) is 18.9 Å². The first kappa shape index (κ1) is 16.5. The molecule has 2 amide bonds. The highest BCUT2D eigenvalue weighted by Gasteiger charge is 2.11. The van der Waals surface area contributed by atoms with Crippen LogP contribution in [0.15, 0.2) is 48.8 Å². The summed E-state index contributed by atoms with van der Waals surface area (Å²) >= 11 is 0. The van der Waals surface area contributed by atoms with E-state index in [0.717, 1.165) is 5.56 Å². The van der Waals surface area contributed by atoms with Crippen LogP contribution in [0.4, 0.5) is 5.69 Å². The molecule has 120 valence electrons. The Bertz CT molecular complexity index is 659. The summed E-state index contributed by atoms with van der Waals surface area (Å²) in [6, 6.07) is 10.7. The highest BCUT2D eigenvalue weighted by Crippen LogP contribution is 2.23. The zero-order chi connectivity index (χ0) is 16.5. The van der Waals surface area contributed by atoms with Gasteiger partial charge in [0.25, 0.3) is 0 Å². The number of benzene rings is 1. The Balaban J connectivity index is 1.83. The first-order valence-corrected chi connectivity index (χ1v) is 7.36. The van der Waals surface area contributed by atoms with Crippen molar-refractivity contribution in [3.63, 3.8) is 0 Å². The van der Waals surface area contributed by atoms with Crippen LogP contribution < -0.4 is 15.4 Å². The molecule has 0 atom stereocenters. The molecule has 6 nitrogen and oxygen atoms in total. The monoisotopic (exact) mass is 313 g/mol. The Labute approximate surface area is 134 Å². The second kappa shape index (κ2) is 8.53. The molecule has 1 aromatic carbocycles. The van der Waals surface area contributed by atoms with E-state index in [0.29, 0.717) is 24.6 Å². The van der Waals surface area contributed by atoms with Crippen LogP contribution in [0.25, 0.3) is 0 Å². The molecule has 0 aliphatic heterocycles. The van der Waals surface area contributed by atoms with Crippen molar-refractivity contribution < 1.29 is 14.3 Å². The number of rotatable bonds is 7. The number of carbonyl (C=O) groups is 2. The van der Waals surface area contributed by atoms with Gasteiger partial charge in [-0.1, -0.05) is 12.1 Å². The van der Waals surface area contributed by atoms with E-state index in [-0.39, 0.29) is 18.2 Å². The highest BCUT2D eigenvalue weighted by molar-refractivity contribution is 6.04. The van der Waals surface area contributed by atoms with E-state index in [1.165, 1.54) is 0 Å². The van der Waals surface area contributed by atoms with Gasteiger partial charge in [-0.3, -0.25) is 14.6 Å². The Kier molecular flexibility index (Phi) is 6.11. The summed E-state index contributed by atoms with van der Waals surface area (Å²) in [5, 5.41) is 5.39. The third-order valence-electron chi connectivity index (χ3n) is 3.02. The molecule has 23 heavy (non-hydrogen) atoms. The number of nitrogens with one attached hydrogen (secondary N) is 2. The van der Waals surface area contributed by atoms with E-state index in [1.807, 2.05) is 13.0 Å². The number of amides is 2. The van der Waals surface area contributed by atoms with Gasteiger partial charge in [0.1, 0.15) is 12.2 Å². The van der Waals surface area contributed by atoms with Crippen molar-refractivity contribution in [1.29, 1.82) is 0 Å². The lowest BCUT2D eigenvalue weighted by atomic mass is 10.2. The van der Waals surface area contributed by atoms with Gasteiger partial charge in [-0.05, 0) is 36.8 Å². The zero-order valence-electron chi connectivity index (χ0n) is 12.9. The normalized spacial score (nSPS) is 9.96. The van der Waals surface area contributed by atoms with E-state index in [1.54, 1.807) is 42.7 Å². The molecule has 0 fully saturated rings. The Morgan fingerprint density at radius 2 is 1.83 bits per heavy atom. The molecule has 2 rings (SSSR count). The maximum atomic E-state index is 12.0. The SMILES string of the molecule is CCOc1ccccc1NC(=O)CC(=O)NCc1ccncc1. The van der Waals surface area contributed by atoms with Gasteiger partial charge in [-0.25, -0.2) is 0 Å². The summed E-state index contributed by atoms with van der Waals surface area (Å²) in [6.45, 7) is 2.73. The number of anilines is 1. The molecule has 0 unspecified atom stereocenters. The Morgan fingerprint density at radius 1 is 1.09 bits per heavy atom. The first-order valence-electron chi connectivity index (χ1n) is 7.36. The van der Waals surface area contributed by atoms with E-state index in [2.05, 4.69) is 15.6 Å². The lowest BCUT2D eigenvalue weighted by Crippen LogP contribution is -2.27. The van der Waals surface area contributed by atoms with Gasteiger partial charge in [-0.15, -0.1) is 0 Å². The molecule has 2 N–H and O–H groups in total. The van der Waals surface area contributed by atoms with Crippen LogP contribution in [0.1, 0.15) is 18.9 Å². The summed E-state index contributed by atoms with van der Waals surface area (Å²) in [6.07, 6.45) is 3.06. The number of hydrogen-bond donors (Lipinski definition) is 2. The Morgan fingerprint density at radius 3 is 2.57 bits per heavy atom. The molecule has 0 aliphatic carbocycles. The fraction of sp³-hybridized carbons (Fsp3) is 0.235. The Hall–Kier alpha value is -2.89. The average Bonchev–Trinajstić information content (AvgIpc) is 2.56. The molecule has 0 radical (unpaired) electrons. The molecular weight excluding hydrogens is 294 g/mol.